The van der Waals surface area contributed by atoms with Gasteiger partial charge in [0.2, 0.25) is 0 Å². The predicted molar refractivity (Wildman–Crippen MR) is 42.6 cm³/mol. The van der Waals surface area contributed by atoms with Crippen LogP contribution in [0.3, 0.4) is 0 Å². The van der Waals surface area contributed by atoms with Crippen molar-refractivity contribution >= 4 is 5.91 Å². The summed E-state index contributed by atoms with van der Waals surface area (Å²) >= 11 is 0. The van der Waals surface area contributed by atoms with Crippen LogP contribution in [-0.2, 0) is 0 Å². The van der Waals surface area contributed by atoms with Gasteiger partial charge in [-0.15, -0.1) is 0 Å². The Hall–Kier alpha value is -1.63. The van der Waals surface area contributed by atoms with Crippen LogP contribution in [0.2, 0.25) is 0 Å². The molecule has 0 unspecified atom stereocenters. The molecule has 0 saturated heterocycles. The van der Waals surface area contributed by atoms with E-state index >= 15 is 0 Å². The molecule has 0 bridgehead atoms. The molecular formula is C8H9N3O. The summed E-state index contributed by atoms with van der Waals surface area (Å²) in [5.41, 5.74) is 1.56. The van der Waals surface area contributed by atoms with Crippen molar-refractivity contribution in [2.75, 3.05) is 0 Å². The molecule has 0 aliphatic rings. The lowest BCUT2D eigenvalue weighted by Gasteiger charge is -1.96. The van der Waals surface area contributed by atoms with Crippen molar-refractivity contribution in [1.29, 1.82) is 5.26 Å². The minimum absolute atomic E-state index is 0.123. The maximum Gasteiger partial charge on any atom is 0.261 e. The van der Waals surface area contributed by atoms with Crippen molar-refractivity contribution in [3.8, 4) is 6.07 Å². The summed E-state index contributed by atoms with van der Waals surface area (Å²) in [5.74, 6) is -0.275. The van der Waals surface area contributed by atoms with Crippen molar-refractivity contribution in [2.45, 2.75) is 20.3 Å². The fourth-order valence-electron chi connectivity index (χ4n) is 1.02. The first kappa shape index (κ1) is 8.47. The Kier molecular flexibility index (Phi) is 2.24. The van der Waals surface area contributed by atoms with Gasteiger partial charge >= 0.3 is 0 Å². The Morgan fingerprint density at radius 1 is 1.75 bits per heavy atom. The van der Waals surface area contributed by atoms with Crippen LogP contribution in [0.15, 0.2) is 6.07 Å². The quantitative estimate of drug-likeness (QED) is 0.621. The number of nitriles is 1. The molecule has 0 amide bonds. The van der Waals surface area contributed by atoms with Gasteiger partial charge in [-0.2, -0.15) is 10.4 Å². The fraction of sp³-hybridized carbons (Fsp3) is 0.375. The highest BCUT2D eigenvalue weighted by Crippen LogP contribution is 2.02. The number of aryl methyl sites for hydroxylation is 2. The molecule has 0 saturated carbocycles. The molecule has 1 aromatic rings. The van der Waals surface area contributed by atoms with Crippen molar-refractivity contribution in [2.24, 2.45) is 0 Å². The zero-order valence-corrected chi connectivity index (χ0v) is 7.03. The van der Waals surface area contributed by atoms with Gasteiger partial charge in [-0.3, -0.25) is 4.79 Å². The first-order chi connectivity index (χ1) is 5.65. The van der Waals surface area contributed by atoms with E-state index in [1.807, 2.05) is 6.92 Å². The van der Waals surface area contributed by atoms with E-state index < -0.39 is 0 Å². The average molecular weight is 163 g/mol. The van der Waals surface area contributed by atoms with Gasteiger partial charge in [0.05, 0.1) is 11.8 Å². The van der Waals surface area contributed by atoms with Gasteiger partial charge in [0.1, 0.15) is 6.42 Å². The molecule has 4 nitrogen and oxygen atoms in total. The third-order valence-corrected chi connectivity index (χ3v) is 1.48. The number of hydrogen-bond acceptors (Lipinski definition) is 3. The molecule has 1 rings (SSSR count). The molecular weight excluding hydrogens is 154 g/mol. The second-order valence-electron chi connectivity index (χ2n) is 2.57. The monoisotopic (exact) mass is 163 g/mol. The molecule has 1 aromatic heterocycles. The molecule has 0 spiro atoms. The van der Waals surface area contributed by atoms with E-state index in [1.54, 1.807) is 19.1 Å². The molecule has 0 N–H and O–H groups in total. The molecule has 1 heterocycles. The van der Waals surface area contributed by atoms with Crippen LogP contribution in [0.4, 0.5) is 0 Å². The highest BCUT2D eigenvalue weighted by atomic mass is 16.2. The number of rotatable bonds is 1. The van der Waals surface area contributed by atoms with E-state index in [0.29, 0.717) is 0 Å². The summed E-state index contributed by atoms with van der Waals surface area (Å²) < 4.78 is 1.26. The lowest BCUT2D eigenvalue weighted by Crippen LogP contribution is -2.12. The Balaban J connectivity index is 2.96. The summed E-state index contributed by atoms with van der Waals surface area (Å²) in [6, 6.07) is 3.59. The summed E-state index contributed by atoms with van der Waals surface area (Å²) in [5, 5.41) is 12.2. The van der Waals surface area contributed by atoms with E-state index in [4.69, 9.17) is 5.26 Å². The summed E-state index contributed by atoms with van der Waals surface area (Å²) in [6.45, 7) is 3.60. The number of nitrogens with zero attached hydrogens (tertiary/aromatic N) is 3. The normalized spacial score (nSPS) is 9.42. The van der Waals surface area contributed by atoms with Crippen LogP contribution in [0.25, 0.3) is 0 Å². The van der Waals surface area contributed by atoms with Crippen LogP contribution in [-0.4, -0.2) is 15.7 Å². The molecule has 0 aliphatic heterocycles. The van der Waals surface area contributed by atoms with Gasteiger partial charge in [0, 0.05) is 5.69 Å². The van der Waals surface area contributed by atoms with E-state index in [9.17, 15) is 4.79 Å². The SMILES string of the molecule is Cc1cc(C)n(C(=O)CC#N)n1. The third-order valence-electron chi connectivity index (χ3n) is 1.48. The Labute approximate surface area is 70.4 Å². The van der Waals surface area contributed by atoms with Crippen LogP contribution in [0, 0.1) is 25.2 Å². The molecule has 0 aromatic carbocycles. The van der Waals surface area contributed by atoms with Crippen molar-refractivity contribution in [1.82, 2.24) is 9.78 Å². The minimum atomic E-state index is -0.275. The maximum absolute atomic E-state index is 11.2. The van der Waals surface area contributed by atoms with E-state index in [1.165, 1.54) is 4.68 Å². The highest BCUT2D eigenvalue weighted by molar-refractivity contribution is 5.80. The molecule has 0 radical (unpaired) electrons. The largest absolute Gasteiger partial charge is 0.271 e. The van der Waals surface area contributed by atoms with E-state index in [0.717, 1.165) is 11.4 Å². The summed E-state index contributed by atoms with van der Waals surface area (Å²) in [4.78, 5) is 11.2. The van der Waals surface area contributed by atoms with Crippen molar-refractivity contribution in [3.05, 3.63) is 17.5 Å². The first-order valence-electron chi connectivity index (χ1n) is 3.58. The van der Waals surface area contributed by atoms with Gasteiger partial charge in [-0.25, -0.2) is 4.68 Å². The summed E-state index contributed by atoms with van der Waals surface area (Å²) in [6.07, 6.45) is -0.123. The standard InChI is InChI=1S/C8H9N3O/c1-6-5-7(2)11(10-6)8(12)3-4-9/h5H,3H2,1-2H3. The van der Waals surface area contributed by atoms with Gasteiger partial charge in [0.15, 0.2) is 0 Å². The van der Waals surface area contributed by atoms with Gasteiger partial charge in [0.25, 0.3) is 5.91 Å². The number of carbonyl (C=O) groups is 1. The Bertz CT molecular complexity index is 346. The van der Waals surface area contributed by atoms with Crippen molar-refractivity contribution < 1.29 is 4.79 Å². The van der Waals surface area contributed by atoms with Gasteiger partial charge < -0.3 is 0 Å². The molecule has 0 aliphatic carbocycles. The molecule has 62 valence electrons. The molecule has 0 fully saturated rings. The zero-order chi connectivity index (χ0) is 9.14. The second-order valence-corrected chi connectivity index (χ2v) is 2.57. The second kappa shape index (κ2) is 3.18. The Morgan fingerprint density at radius 2 is 2.42 bits per heavy atom. The maximum atomic E-state index is 11.2. The van der Waals surface area contributed by atoms with Crippen molar-refractivity contribution in [3.63, 3.8) is 0 Å². The lowest BCUT2D eigenvalue weighted by atomic mass is 10.4. The van der Waals surface area contributed by atoms with E-state index in [-0.39, 0.29) is 12.3 Å². The smallest absolute Gasteiger partial charge is 0.261 e. The third kappa shape index (κ3) is 1.51. The van der Waals surface area contributed by atoms with Gasteiger partial charge in [-0.05, 0) is 19.9 Å². The molecule has 4 heteroatoms. The molecule has 0 atom stereocenters. The number of hydrogen-bond donors (Lipinski definition) is 0. The fourth-order valence-corrected chi connectivity index (χ4v) is 1.02. The van der Waals surface area contributed by atoms with Gasteiger partial charge in [-0.1, -0.05) is 0 Å². The van der Waals surface area contributed by atoms with E-state index in [2.05, 4.69) is 5.10 Å². The molecule has 12 heavy (non-hydrogen) atoms. The number of carbonyl (C=O) groups excluding carboxylic acids is 1. The first-order valence-corrected chi connectivity index (χ1v) is 3.58. The topological polar surface area (TPSA) is 58.7 Å². The predicted octanol–water partition coefficient (Wildman–Crippen LogP) is 1.05. The lowest BCUT2D eigenvalue weighted by molar-refractivity contribution is 0.0901. The highest BCUT2D eigenvalue weighted by Gasteiger charge is 2.08. The van der Waals surface area contributed by atoms with Crippen LogP contribution < -0.4 is 0 Å². The Morgan fingerprint density at radius 3 is 2.83 bits per heavy atom. The summed E-state index contributed by atoms with van der Waals surface area (Å²) in [7, 11) is 0. The average Bonchev–Trinajstić information content (AvgIpc) is 2.30. The number of aromatic nitrogens is 2. The minimum Gasteiger partial charge on any atom is -0.271 e. The van der Waals surface area contributed by atoms with Crippen LogP contribution in [0.5, 0.6) is 0 Å². The van der Waals surface area contributed by atoms with Crippen LogP contribution in [0.1, 0.15) is 22.6 Å². The van der Waals surface area contributed by atoms with Crippen LogP contribution >= 0.6 is 0 Å². The zero-order valence-electron chi connectivity index (χ0n) is 7.03.